The highest BCUT2D eigenvalue weighted by atomic mass is 32.2. The summed E-state index contributed by atoms with van der Waals surface area (Å²) in [6, 6.07) is -4.82. The maximum atomic E-state index is 13.1. The Labute approximate surface area is 274 Å². The lowest BCUT2D eigenvalue weighted by Crippen LogP contribution is -2.56. The largest absolute Gasteiger partial charge is 0.481 e. The number of carboxylic acids is 2. The van der Waals surface area contributed by atoms with Crippen LogP contribution in [0.3, 0.4) is 0 Å². The van der Waals surface area contributed by atoms with E-state index in [4.69, 9.17) is 15.9 Å². The van der Waals surface area contributed by atoms with Crippen molar-refractivity contribution in [2.75, 3.05) is 37.1 Å². The van der Waals surface area contributed by atoms with E-state index in [1.807, 2.05) is 0 Å². The molecule has 0 bridgehead atoms. The van der Waals surface area contributed by atoms with Gasteiger partial charge in [-0.2, -0.15) is 23.5 Å². The fourth-order valence-corrected chi connectivity index (χ4v) is 4.63. The van der Waals surface area contributed by atoms with Gasteiger partial charge in [0.2, 0.25) is 41.4 Å². The lowest BCUT2D eigenvalue weighted by Gasteiger charge is -2.23. The highest BCUT2D eigenvalue weighted by molar-refractivity contribution is 7.98. The van der Waals surface area contributed by atoms with Crippen LogP contribution in [0, 0.1) is 0 Å². The quantitative estimate of drug-likeness (QED) is 0.0485. The molecule has 20 heteroatoms. The summed E-state index contributed by atoms with van der Waals surface area (Å²) in [6.07, 6.45) is 2.37. The number of aliphatic carboxylic acids is 2. The molecule has 0 aliphatic heterocycles. The molecule has 4 atom stereocenters. The van der Waals surface area contributed by atoms with Crippen LogP contribution in [0.2, 0.25) is 0 Å². The normalized spacial score (nSPS) is 13.1. The van der Waals surface area contributed by atoms with Gasteiger partial charge in [0, 0.05) is 19.8 Å². The van der Waals surface area contributed by atoms with Gasteiger partial charge < -0.3 is 47.8 Å². The number of rotatable bonds is 24. The Bertz CT molecular complexity index is 1110. The molecule has 0 fully saturated rings. The van der Waals surface area contributed by atoms with E-state index in [1.165, 1.54) is 23.5 Å². The topological polar surface area (TPSA) is 292 Å². The van der Waals surface area contributed by atoms with Gasteiger partial charge in [-0.05, 0) is 49.7 Å². The SMILES string of the molecule is CSCC[C@H](NC(=O)CNC(=O)[C@H](CCC(=O)O)NC(=O)[C@H](CCSC)NC(=O)CNC(=O)[C@H](CCC(=O)O)NC(C)=O)C(N)=O. The van der Waals surface area contributed by atoms with E-state index in [-0.39, 0.29) is 25.7 Å². The average molecular weight is 694 g/mol. The smallest absolute Gasteiger partial charge is 0.303 e. The highest BCUT2D eigenvalue weighted by Gasteiger charge is 2.28. The third-order valence-electron chi connectivity index (χ3n) is 6.02. The number of carbonyl (C=O) groups excluding carboxylic acids is 7. The molecule has 0 aromatic rings. The number of nitrogens with one attached hydrogen (secondary N) is 6. The summed E-state index contributed by atoms with van der Waals surface area (Å²) in [5.74, 6) is -6.99. The second-order valence-corrected chi connectivity index (χ2v) is 11.8. The molecule has 10 N–H and O–H groups in total. The predicted octanol–water partition coefficient (Wildman–Crippen LogP) is -3.10. The van der Waals surface area contributed by atoms with Crippen molar-refractivity contribution in [2.45, 2.75) is 69.6 Å². The molecule has 46 heavy (non-hydrogen) atoms. The van der Waals surface area contributed by atoms with Gasteiger partial charge in [0.1, 0.15) is 24.2 Å². The van der Waals surface area contributed by atoms with Gasteiger partial charge in [-0.15, -0.1) is 0 Å². The number of thioether (sulfide) groups is 2. The van der Waals surface area contributed by atoms with E-state index < -0.39 is 103 Å². The Morgan fingerprint density at radius 3 is 1.37 bits per heavy atom. The highest BCUT2D eigenvalue weighted by Crippen LogP contribution is 2.05. The van der Waals surface area contributed by atoms with Gasteiger partial charge in [-0.1, -0.05) is 0 Å². The van der Waals surface area contributed by atoms with Gasteiger partial charge in [-0.3, -0.25) is 43.2 Å². The van der Waals surface area contributed by atoms with Crippen molar-refractivity contribution in [1.82, 2.24) is 31.9 Å². The summed E-state index contributed by atoms with van der Waals surface area (Å²) >= 11 is 2.78. The summed E-state index contributed by atoms with van der Waals surface area (Å²) in [4.78, 5) is 108. The van der Waals surface area contributed by atoms with Crippen molar-refractivity contribution in [3.05, 3.63) is 0 Å². The summed E-state index contributed by atoms with van der Waals surface area (Å²) in [5, 5.41) is 32.1. The molecule has 18 nitrogen and oxygen atoms in total. The first-order valence-corrected chi connectivity index (χ1v) is 16.8. The minimum absolute atomic E-state index is 0.0834. The third kappa shape index (κ3) is 19.3. The molecule has 0 aliphatic rings. The van der Waals surface area contributed by atoms with Crippen molar-refractivity contribution >= 4 is 76.8 Å². The number of carboxylic acid groups (broad SMARTS) is 2. The molecule has 0 aromatic carbocycles. The number of primary amides is 1. The molecule has 0 radical (unpaired) electrons. The molecule has 0 aliphatic carbocycles. The predicted molar refractivity (Wildman–Crippen MR) is 168 cm³/mol. The Morgan fingerprint density at radius 1 is 0.587 bits per heavy atom. The van der Waals surface area contributed by atoms with Gasteiger partial charge in [0.05, 0.1) is 13.1 Å². The Balaban J connectivity index is 5.44. The lowest BCUT2D eigenvalue weighted by molar-refractivity contribution is -0.139. The van der Waals surface area contributed by atoms with Crippen LogP contribution in [0.15, 0.2) is 0 Å². The minimum Gasteiger partial charge on any atom is -0.481 e. The van der Waals surface area contributed by atoms with Crippen LogP contribution >= 0.6 is 23.5 Å². The fraction of sp³-hybridized carbons (Fsp3) is 0.654. The maximum absolute atomic E-state index is 13.1. The maximum Gasteiger partial charge on any atom is 0.303 e. The molecular weight excluding hydrogens is 650 g/mol. The first-order valence-electron chi connectivity index (χ1n) is 14.0. The summed E-state index contributed by atoms with van der Waals surface area (Å²) in [5.41, 5.74) is 5.30. The molecular formula is C26H43N7O11S2. The number of nitrogens with two attached hydrogens (primary N) is 1. The minimum atomic E-state index is -1.42. The summed E-state index contributed by atoms with van der Waals surface area (Å²) in [6.45, 7) is -0.0966. The number of carbonyl (C=O) groups is 9. The van der Waals surface area contributed by atoms with E-state index in [0.29, 0.717) is 11.5 Å². The van der Waals surface area contributed by atoms with Gasteiger partial charge in [0.25, 0.3) is 0 Å². The average Bonchev–Trinajstić information content (AvgIpc) is 2.98. The molecule has 0 unspecified atom stereocenters. The number of hydrogen-bond donors (Lipinski definition) is 9. The van der Waals surface area contributed by atoms with Crippen LogP contribution < -0.4 is 37.6 Å². The van der Waals surface area contributed by atoms with E-state index >= 15 is 0 Å². The molecule has 0 spiro atoms. The van der Waals surface area contributed by atoms with Crippen LogP contribution in [0.25, 0.3) is 0 Å². The summed E-state index contributed by atoms with van der Waals surface area (Å²) < 4.78 is 0. The Kier molecular flexibility index (Phi) is 21.2. The standard InChI is InChI=1S/C26H43N7O11S2/c1-14(34)30-16(4-6-21(37)38)24(42)28-13-20(36)32-18(9-11-46-3)26(44)33-17(5-7-22(39)40)25(43)29-12-19(35)31-15(23(27)41)8-10-45-2/h15-18H,4-13H2,1-3H3,(H2,27,41)(H,28,42)(H,29,43)(H,30,34)(H,31,35)(H,32,36)(H,33,44)(H,37,38)(H,39,40)/t15-,16-,17-,18-/m0/s1. The van der Waals surface area contributed by atoms with Crippen molar-refractivity contribution in [1.29, 1.82) is 0 Å². The van der Waals surface area contributed by atoms with Crippen molar-refractivity contribution in [3.63, 3.8) is 0 Å². The van der Waals surface area contributed by atoms with E-state index in [0.717, 1.165) is 6.92 Å². The van der Waals surface area contributed by atoms with Gasteiger partial charge in [-0.25, -0.2) is 0 Å². The third-order valence-corrected chi connectivity index (χ3v) is 7.31. The Morgan fingerprint density at radius 2 is 0.978 bits per heavy atom. The first kappa shape index (κ1) is 41.9. The zero-order valence-electron chi connectivity index (χ0n) is 25.8. The van der Waals surface area contributed by atoms with E-state index in [2.05, 4.69) is 31.9 Å². The van der Waals surface area contributed by atoms with Crippen molar-refractivity contribution < 1.29 is 53.4 Å². The van der Waals surface area contributed by atoms with Crippen LogP contribution in [0.1, 0.15) is 45.4 Å². The number of hydrogen-bond acceptors (Lipinski definition) is 11. The van der Waals surface area contributed by atoms with Crippen molar-refractivity contribution in [2.24, 2.45) is 5.73 Å². The molecule has 260 valence electrons. The van der Waals surface area contributed by atoms with E-state index in [1.54, 1.807) is 12.5 Å². The molecule has 0 saturated heterocycles. The fourth-order valence-electron chi connectivity index (χ4n) is 3.69. The van der Waals surface area contributed by atoms with Gasteiger partial charge in [0.15, 0.2) is 0 Å². The molecule has 0 aromatic heterocycles. The zero-order chi connectivity index (χ0) is 35.2. The van der Waals surface area contributed by atoms with Crippen LogP contribution in [0.5, 0.6) is 0 Å². The van der Waals surface area contributed by atoms with Crippen LogP contribution in [-0.2, 0) is 43.2 Å². The zero-order valence-corrected chi connectivity index (χ0v) is 27.5. The summed E-state index contributed by atoms with van der Waals surface area (Å²) in [7, 11) is 0. The number of amides is 7. The Hall–Kier alpha value is -4.07. The van der Waals surface area contributed by atoms with Gasteiger partial charge >= 0.3 is 11.9 Å². The molecule has 0 rings (SSSR count). The van der Waals surface area contributed by atoms with E-state index in [9.17, 15) is 43.2 Å². The monoisotopic (exact) mass is 693 g/mol. The van der Waals surface area contributed by atoms with Crippen LogP contribution in [0.4, 0.5) is 0 Å². The van der Waals surface area contributed by atoms with Crippen LogP contribution in [-0.4, -0.2) is 125 Å². The lowest BCUT2D eigenvalue weighted by atomic mass is 10.1. The van der Waals surface area contributed by atoms with Crippen molar-refractivity contribution in [3.8, 4) is 0 Å². The molecule has 7 amide bonds. The molecule has 0 heterocycles. The molecule has 0 saturated carbocycles. The first-order chi connectivity index (χ1) is 21.6. The second kappa shape index (κ2) is 23.3. The second-order valence-electron chi connectivity index (χ2n) is 9.82.